The molecule has 0 atom stereocenters. The van der Waals surface area contributed by atoms with Crippen LogP contribution in [0.4, 0.5) is 0 Å². The fourth-order valence-electron chi connectivity index (χ4n) is 1.71. The fraction of sp³-hybridized carbons (Fsp3) is 0.300. The molecule has 0 aliphatic carbocycles. The van der Waals surface area contributed by atoms with Gasteiger partial charge in [-0.2, -0.15) is 0 Å². The number of carbonyl (C=O) groups is 1. The second-order valence-corrected chi connectivity index (χ2v) is 5.21. The molecule has 14 heavy (non-hydrogen) atoms. The highest BCUT2D eigenvalue weighted by atomic mass is 79.9. The summed E-state index contributed by atoms with van der Waals surface area (Å²) in [6.07, 6.45) is 0. The normalized spacial score (nSPS) is 17.9. The van der Waals surface area contributed by atoms with E-state index in [0.717, 1.165) is 10.0 Å². The van der Waals surface area contributed by atoms with Crippen molar-refractivity contribution in [2.24, 2.45) is 0 Å². The van der Waals surface area contributed by atoms with Crippen molar-refractivity contribution in [3.8, 4) is 0 Å². The summed E-state index contributed by atoms with van der Waals surface area (Å²) in [5.74, 6) is -0.0949. The van der Waals surface area contributed by atoms with Gasteiger partial charge in [0.2, 0.25) is 0 Å². The zero-order valence-corrected chi connectivity index (χ0v) is 10.2. The molecule has 1 heterocycles. The molecule has 0 aromatic heterocycles. The highest BCUT2D eigenvalue weighted by molar-refractivity contribution is 9.10. The third-order valence-electron chi connectivity index (χ3n) is 2.38. The smallest absolute Gasteiger partial charge is 0.253 e. The number of rotatable bonds is 0. The van der Waals surface area contributed by atoms with Crippen molar-refractivity contribution in [1.29, 1.82) is 0 Å². The van der Waals surface area contributed by atoms with E-state index >= 15 is 0 Å². The van der Waals surface area contributed by atoms with Crippen LogP contribution in [0, 0.1) is 0 Å². The molecule has 1 aliphatic heterocycles. The van der Waals surface area contributed by atoms with Crippen LogP contribution in [-0.4, -0.2) is 5.91 Å². The first-order valence-corrected chi connectivity index (χ1v) is 5.41. The van der Waals surface area contributed by atoms with Gasteiger partial charge in [0, 0.05) is 4.47 Å². The maximum Gasteiger partial charge on any atom is 0.253 e. The molecule has 1 amide bonds. The van der Waals surface area contributed by atoms with Crippen LogP contribution in [-0.2, 0) is 5.54 Å². The van der Waals surface area contributed by atoms with Crippen LogP contribution in [0.3, 0.4) is 0 Å². The largest absolute Gasteiger partial charge is 0.343 e. The lowest BCUT2D eigenvalue weighted by Crippen LogP contribution is -2.32. The molecule has 0 spiro atoms. The van der Waals surface area contributed by atoms with E-state index < -0.39 is 0 Å². The molecule has 74 valence electrons. The summed E-state index contributed by atoms with van der Waals surface area (Å²) >= 11 is 9.37. The Bertz CT molecular complexity index is 428. The molecule has 0 bridgehead atoms. The standard InChI is InChI=1S/C10H9BrClNO/c1-10(2)6-3-5(11)4-7(12)8(6)9(14)13-10/h3-4H,1-2H3,(H,13,14). The molecule has 0 unspecified atom stereocenters. The van der Waals surface area contributed by atoms with Gasteiger partial charge in [0.15, 0.2) is 0 Å². The van der Waals surface area contributed by atoms with Crippen molar-refractivity contribution in [2.45, 2.75) is 19.4 Å². The van der Waals surface area contributed by atoms with Crippen molar-refractivity contribution in [2.75, 3.05) is 0 Å². The first kappa shape index (κ1) is 9.99. The Morgan fingerprint density at radius 3 is 2.71 bits per heavy atom. The molecule has 0 fully saturated rings. The highest BCUT2D eigenvalue weighted by Gasteiger charge is 2.36. The van der Waals surface area contributed by atoms with Gasteiger partial charge in [-0.3, -0.25) is 4.79 Å². The van der Waals surface area contributed by atoms with E-state index in [-0.39, 0.29) is 11.4 Å². The fourth-order valence-corrected chi connectivity index (χ4v) is 2.61. The number of carbonyl (C=O) groups excluding carboxylic acids is 1. The van der Waals surface area contributed by atoms with E-state index in [4.69, 9.17) is 11.6 Å². The van der Waals surface area contributed by atoms with E-state index in [0.29, 0.717) is 10.6 Å². The number of halogens is 2. The van der Waals surface area contributed by atoms with Crippen LogP contribution in [0.5, 0.6) is 0 Å². The third-order valence-corrected chi connectivity index (χ3v) is 3.14. The van der Waals surface area contributed by atoms with Gasteiger partial charge in [-0.25, -0.2) is 0 Å². The Morgan fingerprint density at radius 1 is 1.43 bits per heavy atom. The summed E-state index contributed by atoms with van der Waals surface area (Å²) in [6.45, 7) is 3.92. The van der Waals surface area contributed by atoms with Crippen molar-refractivity contribution < 1.29 is 4.79 Å². The van der Waals surface area contributed by atoms with E-state index in [1.807, 2.05) is 19.9 Å². The van der Waals surface area contributed by atoms with Crippen molar-refractivity contribution in [1.82, 2.24) is 5.32 Å². The van der Waals surface area contributed by atoms with Gasteiger partial charge in [-0.05, 0) is 31.5 Å². The van der Waals surface area contributed by atoms with Gasteiger partial charge < -0.3 is 5.32 Å². The summed E-state index contributed by atoms with van der Waals surface area (Å²) in [7, 11) is 0. The lowest BCUT2D eigenvalue weighted by molar-refractivity contribution is 0.0940. The predicted molar refractivity (Wildman–Crippen MR) is 59.6 cm³/mol. The van der Waals surface area contributed by atoms with E-state index in [9.17, 15) is 4.79 Å². The summed E-state index contributed by atoms with van der Waals surface area (Å²) in [4.78, 5) is 11.6. The van der Waals surface area contributed by atoms with Gasteiger partial charge in [-0.1, -0.05) is 27.5 Å². The van der Waals surface area contributed by atoms with Gasteiger partial charge in [0.05, 0.1) is 16.1 Å². The maximum absolute atomic E-state index is 11.6. The lowest BCUT2D eigenvalue weighted by Gasteiger charge is -2.19. The molecule has 0 radical (unpaired) electrons. The molecule has 2 rings (SSSR count). The Labute approximate surface area is 95.8 Å². The molecule has 4 heteroatoms. The molecule has 1 N–H and O–H groups in total. The SMILES string of the molecule is CC1(C)NC(=O)c2c(Cl)cc(Br)cc21. The van der Waals surface area contributed by atoms with E-state index in [1.54, 1.807) is 6.07 Å². The minimum atomic E-state index is -0.333. The van der Waals surface area contributed by atoms with Gasteiger partial charge in [0.1, 0.15) is 0 Å². The number of hydrogen-bond acceptors (Lipinski definition) is 1. The van der Waals surface area contributed by atoms with Gasteiger partial charge in [0.25, 0.3) is 5.91 Å². The Kier molecular flexibility index (Phi) is 2.12. The molecule has 2 nitrogen and oxygen atoms in total. The monoisotopic (exact) mass is 273 g/mol. The summed E-state index contributed by atoms with van der Waals surface area (Å²) in [5.41, 5.74) is 1.21. The van der Waals surface area contributed by atoms with Crippen molar-refractivity contribution >= 4 is 33.4 Å². The first-order chi connectivity index (χ1) is 6.42. The van der Waals surface area contributed by atoms with Crippen LogP contribution in [0.2, 0.25) is 5.02 Å². The summed E-state index contributed by atoms with van der Waals surface area (Å²) in [5, 5.41) is 3.38. The predicted octanol–water partition coefficient (Wildman–Crippen LogP) is 3.08. The van der Waals surface area contributed by atoms with E-state index in [2.05, 4.69) is 21.2 Å². The number of nitrogens with one attached hydrogen (secondary N) is 1. The van der Waals surface area contributed by atoms with Gasteiger partial charge >= 0.3 is 0 Å². The minimum Gasteiger partial charge on any atom is -0.343 e. The van der Waals surface area contributed by atoms with Crippen molar-refractivity contribution in [3.05, 3.63) is 32.8 Å². The van der Waals surface area contributed by atoms with E-state index in [1.165, 1.54) is 0 Å². The minimum absolute atomic E-state index is 0.0949. The lowest BCUT2D eigenvalue weighted by atomic mass is 9.95. The number of fused-ring (bicyclic) bond motifs is 1. The molecule has 1 aliphatic rings. The van der Waals surface area contributed by atoms with Crippen LogP contribution >= 0.6 is 27.5 Å². The molecule has 0 saturated heterocycles. The zero-order chi connectivity index (χ0) is 10.5. The van der Waals surface area contributed by atoms with Crippen LogP contribution in [0.1, 0.15) is 29.8 Å². The first-order valence-electron chi connectivity index (χ1n) is 4.24. The average Bonchev–Trinajstić information content (AvgIpc) is 2.21. The highest BCUT2D eigenvalue weighted by Crippen LogP contribution is 2.36. The second-order valence-electron chi connectivity index (χ2n) is 3.89. The Balaban J connectivity index is 2.75. The Hall–Kier alpha value is -0.540. The number of benzene rings is 1. The molecular formula is C10H9BrClNO. The van der Waals surface area contributed by atoms with Crippen molar-refractivity contribution in [3.63, 3.8) is 0 Å². The number of hydrogen-bond donors (Lipinski definition) is 1. The third kappa shape index (κ3) is 1.35. The number of amides is 1. The van der Waals surface area contributed by atoms with Crippen LogP contribution < -0.4 is 5.32 Å². The second kappa shape index (κ2) is 2.97. The molecular weight excluding hydrogens is 265 g/mol. The zero-order valence-electron chi connectivity index (χ0n) is 7.82. The Morgan fingerprint density at radius 2 is 2.07 bits per heavy atom. The molecule has 1 aromatic rings. The van der Waals surface area contributed by atoms with Crippen LogP contribution in [0.15, 0.2) is 16.6 Å². The summed E-state index contributed by atoms with van der Waals surface area (Å²) < 4.78 is 0.894. The van der Waals surface area contributed by atoms with Gasteiger partial charge in [-0.15, -0.1) is 0 Å². The van der Waals surface area contributed by atoms with Crippen LogP contribution in [0.25, 0.3) is 0 Å². The molecule has 1 aromatic carbocycles. The topological polar surface area (TPSA) is 29.1 Å². The quantitative estimate of drug-likeness (QED) is 0.774. The maximum atomic E-state index is 11.6. The molecule has 0 saturated carbocycles. The summed E-state index contributed by atoms with van der Waals surface area (Å²) in [6, 6.07) is 3.67. The average molecular weight is 275 g/mol.